The molecule has 0 bridgehead atoms. The number of nitrogens with one attached hydrogen (secondary N) is 1. The normalized spacial score (nSPS) is 14.4. The van der Waals surface area contributed by atoms with Crippen LogP contribution in [0.4, 0.5) is 0 Å². The van der Waals surface area contributed by atoms with E-state index in [4.69, 9.17) is 8.85 Å². The molecule has 0 aromatic heterocycles. The Morgan fingerprint density at radius 1 is 0.963 bits per heavy atom. The Hall–Kier alpha value is -0.216. The van der Waals surface area contributed by atoms with Crippen molar-refractivity contribution in [3.8, 4) is 0 Å². The molecule has 0 rings (SSSR count). The number of carbonyl (C=O) groups is 1. The second-order valence-electron chi connectivity index (χ2n) is 9.24. The standard InChI is InChI=1S/C20H45NO4Si2/c1-16(2)27(17(3)4,18(5)6)25-19(20(22)23)15-21-13-11-10-12-14-26(8,9)24-7/h16-19,21H,10-15H2,1-9H3,(H,22,23). The van der Waals surface area contributed by atoms with Gasteiger partial charge in [-0.15, -0.1) is 0 Å². The molecule has 0 aliphatic rings. The van der Waals surface area contributed by atoms with E-state index >= 15 is 0 Å². The van der Waals surface area contributed by atoms with Crippen molar-refractivity contribution in [2.24, 2.45) is 0 Å². The molecular weight excluding hydrogens is 374 g/mol. The first-order valence-corrected chi connectivity index (χ1v) is 15.8. The molecule has 5 nitrogen and oxygen atoms in total. The number of aliphatic carboxylic acids is 1. The van der Waals surface area contributed by atoms with Gasteiger partial charge < -0.3 is 19.3 Å². The summed E-state index contributed by atoms with van der Waals surface area (Å²) in [5.41, 5.74) is 1.15. The summed E-state index contributed by atoms with van der Waals surface area (Å²) in [7, 11) is -1.83. The molecule has 27 heavy (non-hydrogen) atoms. The third-order valence-corrected chi connectivity index (χ3v) is 14.6. The highest BCUT2D eigenvalue weighted by molar-refractivity contribution is 6.77. The first kappa shape index (κ1) is 26.8. The van der Waals surface area contributed by atoms with E-state index in [1.54, 1.807) is 0 Å². The maximum atomic E-state index is 11.8. The minimum Gasteiger partial charge on any atom is -0.479 e. The maximum absolute atomic E-state index is 11.8. The molecule has 0 heterocycles. The van der Waals surface area contributed by atoms with Gasteiger partial charge in [0.2, 0.25) is 8.32 Å². The molecule has 0 aliphatic heterocycles. The van der Waals surface area contributed by atoms with Crippen LogP contribution in [0.2, 0.25) is 35.8 Å². The summed E-state index contributed by atoms with van der Waals surface area (Å²) >= 11 is 0. The fourth-order valence-corrected chi connectivity index (χ4v) is 10.9. The number of hydrogen-bond acceptors (Lipinski definition) is 4. The molecule has 1 unspecified atom stereocenters. The monoisotopic (exact) mass is 419 g/mol. The zero-order chi connectivity index (χ0) is 21.3. The molecule has 0 aliphatic carbocycles. The Balaban J connectivity index is 4.56. The highest BCUT2D eigenvalue weighted by atomic mass is 28.4. The van der Waals surface area contributed by atoms with E-state index in [0.717, 1.165) is 19.4 Å². The lowest BCUT2D eigenvalue weighted by molar-refractivity contribution is -0.145. The van der Waals surface area contributed by atoms with Crippen LogP contribution in [0.5, 0.6) is 0 Å². The summed E-state index contributed by atoms with van der Waals surface area (Å²) in [4.78, 5) is 11.8. The van der Waals surface area contributed by atoms with E-state index in [1.165, 1.54) is 12.5 Å². The maximum Gasteiger partial charge on any atom is 0.332 e. The van der Waals surface area contributed by atoms with Crippen molar-refractivity contribution in [2.45, 2.75) is 103 Å². The van der Waals surface area contributed by atoms with Crippen molar-refractivity contribution >= 4 is 22.6 Å². The van der Waals surface area contributed by atoms with Crippen LogP contribution in [0.15, 0.2) is 0 Å². The smallest absolute Gasteiger partial charge is 0.332 e. The lowest BCUT2D eigenvalue weighted by Crippen LogP contribution is -2.53. The molecule has 0 radical (unpaired) electrons. The minimum absolute atomic E-state index is 0.382. The lowest BCUT2D eigenvalue weighted by Gasteiger charge is -2.43. The largest absolute Gasteiger partial charge is 0.479 e. The number of carboxylic acid groups (broad SMARTS) is 1. The first-order valence-electron chi connectivity index (χ1n) is 10.6. The van der Waals surface area contributed by atoms with E-state index < -0.39 is 28.7 Å². The molecule has 0 aromatic rings. The number of rotatable bonds is 15. The van der Waals surface area contributed by atoms with Gasteiger partial charge in [0.15, 0.2) is 14.4 Å². The zero-order valence-corrected chi connectivity index (χ0v) is 21.2. The van der Waals surface area contributed by atoms with E-state index in [2.05, 4.69) is 60.0 Å². The molecule has 0 amide bonds. The van der Waals surface area contributed by atoms with Crippen LogP contribution in [0.1, 0.15) is 60.8 Å². The SMILES string of the molecule is CO[Si](C)(C)CCCCCNCC(O[Si](C(C)C)(C(C)C)C(C)C)C(=O)O. The first-order chi connectivity index (χ1) is 12.4. The summed E-state index contributed by atoms with van der Waals surface area (Å²) in [6.45, 7) is 18.8. The highest BCUT2D eigenvalue weighted by Crippen LogP contribution is 2.42. The lowest BCUT2D eigenvalue weighted by atomic mass is 10.2. The van der Waals surface area contributed by atoms with Crippen LogP contribution in [0.3, 0.4) is 0 Å². The van der Waals surface area contributed by atoms with Crippen LogP contribution in [-0.4, -0.2) is 54.0 Å². The predicted octanol–water partition coefficient (Wildman–Crippen LogP) is 5.24. The summed E-state index contributed by atoms with van der Waals surface area (Å²) in [6.07, 6.45) is 2.62. The van der Waals surface area contributed by atoms with Crippen molar-refractivity contribution in [2.75, 3.05) is 20.2 Å². The molecule has 0 saturated carbocycles. The molecule has 1 atom stereocenters. The van der Waals surface area contributed by atoms with Gasteiger partial charge in [0.05, 0.1) is 0 Å². The summed E-state index contributed by atoms with van der Waals surface area (Å²) in [5, 5.41) is 13.0. The topological polar surface area (TPSA) is 67.8 Å². The van der Waals surface area contributed by atoms with Crippen molar-refractivity contribution in [1.29, 1.82) is 0 Å². The van der Waals surface area contributed by atoms with Crippen LogP contribution < -0.4 is 5.32 Å². The molecule has 0 saturated heterocycles. The van der Waals surface area contributed by atoms with Gasteiger partial charge in [0, 0.05) is 13.7 Å². The van der Waals surface area contributed by atoms with Gasteiger partial charge in [-0.05, 0) is 48.7 Å². The molecule has 162 valence electrons. The summed E-state index contributed by atoms with van der Waals surface area (Å²) in [6, 6.07) is 1.18. The van der Waals surface area contributed by atoms with Gasteiger partial charge in [-0.25, -0.2) is 4.79 Å². The van der Waals surface area contributed by atoms with E-state index in [-0.39, 0.29) is 0 Å². The van der Waals surface area contributed by atoms with Crippen LogP contribution in [0.25, 0.3) is 0 Å². The fraction of sp³-hybridized carbons (Fsp3) is 0.950. The van der Waals surface area contributed by atoms with E-state index in [9.17, 15) is 9.90 Å². The average Bonchev–Trinajstić information content (AvgIpc) is 2.55. The Labute approximate surface area is 169 Å². The zero-order valence-electron chi connectivity index (χ0n) is 19.2. The number of unbranched alkanes of at least 4 members (excludes halogenated alkanes) is 2. The molecule has 0 fully saturated rings. The van der Waals surface area contributed by atoms with E-state index in [1.807, 2.05) is 7.11 Å². The van der Waals surface area contributed by atoms with Gasteiger partial charge >= 0.3 is 5.97 Å². The van der Waals surface area contributed by atoms with Gasteiger partial charge in [0.1, 0.15) is 0 Å². The summed E-state index contributed by atoms with van der Waals surface area (Å²) in [5.74, 6) is -0.853. The van der Waals surface area contributed by atoms with E-state index in [0.29, 0.717) is 23.2 Å². The number of carboxylic acids is 1. The summed E-state index contributed by atoms with van der Waals surface area (Å²) < 4.78 is 12.0. The molecule has 7 heteroatoms. The average molecular weight is 420 g/mol. The predicted molar refractivity (Wildman–Crippen MR) is 120 cm³/mol. The van der Waals surface area contributed by atoms with Crippen molar-refractivity contribution in [1.82, 2.24) is 5.32 Å². The van der Waals surface area contributed by atoms with Gasteiger partial charge in [-0.3, -0.25) is 0 Å². The molecule has 2 N–H and O–H groups in total. The fourth-order valence-electron chi connectivity index (χ4n) is 4.15. The second kappa shape index (κ2) is 12.4. The van der Waals surface area contributed by atoms with Gasteiger partial charge in [-0.1, -0.05) is 54.4 Å². The minimum atomic E-state index is -2.19. The van der Waals surface area contributed by atoms with Gasteiger partial charge in [0.25, 0.3) is 0 Å². The third-order valence-electron chi connectivity index (χ3n) is 5.84. The Morgan fingerprint density at radius 3 is 1.89 bits per heavy atom. The molecule has 0 aromatic carbocycles. The molecule has 0 spiro atoms. The van der Waals surface area contributed by atoms with Crippen molar-refractivity contribution in [3.63, 3.8) is 0 Å². The Bertz CT molecular complexity index is 406. The van der Waals surface area contributed by atoms with Gasteiger partial charge in [-0.2, -0.15) is 0 Å². The van der Waals surface area contributed by atoms with Crippen LogP contribution in [-0.2, 0) is 13.6 Å². The molecular formula is C20H45NO4Si2. The van der Waals surface area contributed by atoms with Crippen molar-refractivity contribution in [3.05, 3.63) is 0 Å². The highest BCUT2D eigenvalue weighted by Gasteiger charge is 2.47. The van der Waals surface area contributed by atoms with Crippen LogP contribution in [0, 0.1) is 0 Å². The Kier molecular flexibility index (Phi) is 12.3. The Morgan fingerprint density at radius 2 is 1.48 bits per heavy atom. The quantitative estimate of drug-likeness (QED) is 0.280. The second-order valence-corrected chi connectivity index (χ2v) is 19.1. The number of hydrogen-bond donors (Lipinski definition) is 2. The van der Waals surface area contributed by atoms with Crippen molar-refractivity contribution < 1.29 is 18.8 Å². The van der Waals surface area contributed by atoms with Crippen LogP contribution >= 0.6 is 0 Å². The third kappa shape index (κ3) is 8.77.